The van der Waals surface area contributed by atoms with Gasteiger partial charge in [-0.3, -0.25) is 9.59 Å². The highest BCUT2D eigenvalue weighted by Gasteiger charge is 2.34. The van der Waals surface area contributed by atoms with Crippen molar-refractivity contribution in [3.8, 4) is 0 Å². The summed E-state index contributed by atoms with van der Waals surface area (Å²) in [6, 6.07) is 7.71. The van der Waals surface area contributed by atoms with Gasteiger partial charge in [0.05, 0.1) is 0 Å². The van der Waals surface area contributed by atoms with Crippen molar-refractivity contribution in [3.05, 3.63) is 29.8 Å². The maximum Gasteiger partial charge on any atom is 0.249 e. The Bertz CT molecular complexity index is 496. The van der Waals surface area contributed by atoms with E-state index in [2.05, 4.69) is 19.1 Å². The van der Waals surface area contributed by atoms with E-state index in [0.29, 0.717) is 19.5 Å². The molecule has 20 heavy (non-hydrogen) atoms. The Hall–Kier alpha value is -1.84. The van der Waals surface area contributed by atoms with Gasteiger partial charge in [0, 0.05) is 25.2 Å². The van der Waals surface area contributed by atoms with E-state index >= 15 is 0 Å². The summed E-state index contributed by atoms with van der Waals surface area (Å²) in [5, 5.41) is 0. The maximum absolute atomic E-state index is 12.4. The second-order valence-electron chi connectivity index (χ2n) is 5.13. The van der Waals surface area contributed by atoms with Gasteiger partial charge in [-0.25, -0.2) is 0 Å². The van der Waals surface area contributed by atoms with Crippen LogP contribution in [0.15, 0.2) is 24.3 Å². The molecule has 0 spiro atoms. The first-order chi connectivity index (χ1) is 9.58. The average molecular weight is 274 g/mol. The number of amides is 2. The third-order valence-corrected chi connectivity index (χ3v) is 3.93. The van der Waals surface area contributed by atoms with Gasteiger partial charge in [0.1, 0.15) is 6.04 Å². The largest absolute Gasteiger partial charge is 0.329 e. The van der Waals surface area contributed by atoms with Crippen LogP contribution in [0.4, 0.5) is 5.69 Å². The number of anilines is 1. The highest BCUT2D eigenvalue weighted by Crippen LogP contribution is 2.21. The molecule has 1 unspecified atom stereocenters. The van der Waals surface area contributed by atoms with Crippen LogP contribution in [-0.4, -0.2) is 35.8 Å². The van der Waals surface area contributed by atoms with E-state index in [-0.39, 0.29) is 17.9 Å². The molecule has 1 aromatic rings. The van der Waals surface area contributed by atoms with E-state index < -0.39 is 0 Å². The summed E-state index contributed by atoms with van der Waals surface area (Å²) in [7, 11) is 0. The Kier molecular flexibility index (Phi) is 4.42. The first kappa shape index (κ1) is 14.6. The van der Waals surface area contributed by atoms with Crippen LogP contribution >= 0.6 is 0 Å². The van der Waals surface area contributed by atoms with E-state index in [1.807, 2.05) is 26.0 Å². The van der Waals surface area contributed by atoms with Crippen molar-refractivity contribution in [2.24, 2.45) is 0 Å². The summed E-state index contributed by atoms with van der Waals surface area (Å²) < 4.78 is 0. The van der Waals surface area contributed by atoms with Gasteiger partial charge in [-0.1, -0.05) is 26.0 Å². The van der Waals surface area contributed by atoms with Crippen LogP contribution in [0.25, 0.3) is 0 Å². The van der Waals surface area contributed by atoms with Crippen LogP contribution < -0.4 is 4.90 Å². The lowest BCUT2D eigenvalue weighted by molar-refractivity contribution is -0.140. The van der Waals surface area contributed by atoms with E-state index in [1.165, 1.54) is 5.56 Å². The Labute approximate surface area is 120 Å². The Balaban J connectivity index is 2.15. The highest BCUT2D eigenvalue weighted by molar-refractivity contribution is 6.00. The van der Waals surface area contributed by atoms with Crippen molar-refractivity contribution in [2.45, 2.75) is 39.7 Å². The molecular weight excluding hydrogens is 252 g/mol. The second-order valence-corrected chi connectivity index (χ2v) is 5.13. The molecule has 0 radical (unpaired) electrons. The molecule has 0 aromatic heterocycles. The fourth-order valence-corrected chi connectivity index (χ4v) is 2.58. The predicted molar refractivity (Wildman–Crippen MR) is 79.6 cm³/mol. The number of rotatable bonds is 3. The lowest BCUT2D eigenvalue weighted by atomic mass is 10.1. The van der Waals surface area contributed by atoms with Gasteiger partial charge in [0.15, 0.2) is 0 Å². The molecule has 0 bridgehead atoms. The quantitative estimate of drug-likeness (QED) is 0.848. The molecule has 2 amide bonds. The van der Waals surface area contributed by atoms with E-state index in [4.69, 9.17) is 0 Å². The molecule has 1 heterocycles. The lowest BCUT2D eigenvalue weighted by Crippen LogP contribution is -2.57. The number of piperazine rings is 1. The first-order valence-electron chi connectivity index (χ1n) is 7.28. The molecule has 1 fully saturated rings. The topological polar surface area (TPSA) is 40.6 Å². The van der Waals surface area contributed by atoms with E-state index in [9.17, 15) is 9.59 Å². The fraction of sp³-hybridized carbons (Fsp3) is 0.500. The van der Waals surface area contributed by atoms with Gasteiger partial charge in [0.25, 0.3) is 0 Å². The highest BCUT2D eigenvalue weighted by atomic mass is 16.2. The first-order valence-corrected chi connectivity index (χ1v) is 7.28. The molecule has 1 atom stereocenters. The van der Waals surface area contributed by atoms with Crippen molar-refractivity contribution in [1.82, 2.24) is 4.90 Å². The van der Waals surface area contributed by atoms with Gasteiger partial charge in [-0.15, -0.1) is 0 Å². The molecule has 1 aliphatic rings. The van der Waals surface area contributed by atoms with Gasteiger partial charge in [0.2, 0.25) is 11.8 Å². The lowest BCUT2D eigenvalue weighted by Gasteiger charge is -2.39. The minimum absolute atomic E-state index is 0.00213. The minimum Gasteiger partial charge on any atom is -0.329 e. The van der Waals surface area contributed by atoms with Gasteiger partial charge in [-0.05, 0) is 31.0 Å². The number of carbonyl (C=O) groups excluding carboxylic acids is 2. The number of hydrogen-bond donors (Lipinski definition) is 0. The Morgan fingerprint density at radius 3 is 2.40 bits per heavy atom. The van der Waals surface area contributed by atoms with Crippen LogP contribution in [0.1, 0.15) is 32.8 Å². The standard InChI is InChI=1S/C16H22N2O2/c1-4-13-6-8-14(9-7-13)18-11-10-17(15(19)5-2)12(3)16(18)20/h6-9,12H,4-5,10-11H2,1-3H3. The molecular formula is C16H22N2O2. The fourth-order valence-electron chi connectivity index (χ4n) is 2.58. The molecule has 1 aromatic carbocycles. The van der Waals surface area contributed by atoms with Crippen molar-refractivity contribution in [1.29, 1.82) is 0 Å². The summed E-state index contributed by atoms with van der Waals surface area (Å²) in [6.07, 6.45) is 1.44. The molecule has 1 aliphatic heterocycles. The SMILES string of the molecule is CCC(=O)N1CCN(c2ccc(CC)cc2)C(=O)C1C. The Morgan fingerprint density at radius 1 is 1.20 bits per heavy atom. The number of carbonyl (C=O) groups is 2. The summed E-state index contributed by atoms with van der Waals surface area (Å²) in [4.78, 5) is 27.7. The summed E-state index contributed by atoms with van der Waals surface area (Å²) in [6.45, 7) is 6.92. The smallest absolute Gasteiger partial charge is 0.249 e. The molecule has 0 saturated carbocycles. The third kappa shape index (κ3) is 2.69. The van der Waals surface area contributed by atoms with E-state index in [1.54, 1.807) is 9.80 Å². The average Bonchev–Trinajstić information content (AvgIpc) is 2.49. The normalized spacial score (nSPS) is 19.4. The van der Waals surface area contributed by atoms with Crippen molar-refractivity contribution in [2.75, 3.05) is 18.0 Å². The van der Waals surface area contributed by atoms with Crippen molar-refractivity contribution < 1.29 is 9.59 Å². The zero-order valence-electron chi connectivity index (χ0n) is 12.4. The maximum atomic E-state index is 12.4. The summed E-state index contributed by atoms with van der Waals surface area (Å²) >= 11 is 0. The second kappa shape index (κ2) is 6.07. The number of benzene rings is 1. The Morgan fingerprint density at radius 2 is 1.85 bits per heavy atom. The molecule has 108 valence electrons. The van der Waals surface area contributed by atoms with Gasteiger partial charge in [-0.2, -0.15) is 0 Å². The van der Waals surface area contributed by atoms with Gasteiger partial charge < -0.3 is 9.80 Å². The monoisotopic (exact) mass is 274 g/mol. The van der Waals surface area contributed by atoms with Crippen LogP contribution in [-0.2, 0) is 16.0 Å². The van der Waals surface area contributed by atoms with E-state index in [0.717, 1.165) is 12.1 Å². The van der Waals surface area contributed by atoms with Crippen molar-refractivity contribution in [3.63, 3.8) is 0 Å². The van der Waals surface area contributed by atoms with Crippen LogP contribution in [0.3, 0.4) is 0 Å². The molecule has 2 rings (SSSR count). The summed E-state index contributed by atoms with van der Waals surface area (Å²) in [5.41, 5.74) is 2.18. The molecule has 4 nitrogen and oxygen atoms in total. The van der Waals surface area contributed by atoms with Gasteiger partial charge >= 0.3 is 0 Å². The molecule has 1 saturated heterocycles. The van der Waals surface area contributed by atoms with Crippen LogP contribution in [0.5, 0.6) is 0 Å². The van der Waals surface area contributed by atoms with Crippen molar-refractivity contribution >= 4 is 17.5 Å². The number of hydrogen-bond acceptors (Lipinski definition) is 2. The van der Waals surface area contributed by atoms with Crippen LogP contribution in [0, 0.1) is 0 Å². The third-order valence-electron chi connectivity index (χ3n) is 3.93. The predicted octanol–water partition coefficient (Wildman–Crippen LogP) is 2.22. The minimum atomic E-state index is -0.373. The zero-order chi connectivity index (χ0) is 14.7. The molecule has 0 N–H and O–H groups in total. The number of nitrogens with zero attached hydrogens (tertiary/aromatic N) is 2. The molecule has 4 heteroatoms. The zero-order valence-corrected chi connectivity index (χ0v) is 12.4. The summed E-state index contributed by atoms with van der Waals surface area (Å²) in [5.74, 6) is 0.0501. The molecule has 0 aliphatic carbocycles. The number of aryl methyl sites for hydroxylation is 1. The van der Waals surface area contributed by atoms with Crippen LogP contribution in [0.2, 0.25) is 0 Å².